The Balaban J connectivity index is 1.61. The molecule has 1 saturated heterocycles. The van der Waals surface area contributed by atoms with E-state index in [1.807, 2.05) is 24.3 Å². The Morgan fingerprint density at radius 3 is 2.53 bits per heavy atom. The number of nitrogens with zero attached hydrogens (tertiary/aromatic N) is 2. The fourth-order valence-corrected chi connectivity index (χ4v) is 5.52. The Hall–Kier alpha value is -3.17. The molecule has 0 spiro atoms. The largest absolute Gasteiger partial charge is 0.495 e. The number of nitrogens with one attached hydrogen (secondary N) is 2. The third kappa shape index (κ3) is 4.68. The average Bonchev–Trinajstić information content (AvgIpc) is 3.20. The number of carbonyl (C=O) groups is 1. The number of ether oxygens (including phenoxy) is 1. The highest BCUT2D eigenvalue weighted by Crippen LogP contribution is 2.30. The molecule has 3 aromatic rings. The van der Waals surface area contributed by atoms with E-state index in [1.54, 1.807) is 18.3 Å². The second-order valence-corrected chi connectivity index (χ2v) is 9.60. The smallest absolute Gasteiger partial charge is 0.255 e. The molecule has 2 N–H and O–H groups in total. The summed E-state index contributed by atoms with van der Waals surface area (Å²) in [7, 11) is -2.35. The summed E-state index contributed by atoms with van der Waals surface area (Å²) >= 11 is 0. The van der Waals surface area contributed by atoms with Crippen molar-refractivity contribution in [3.63, 3.8) is 0 Å². The monoisotopic (exact) mass is 454 g/mol. The molecule has 0 radical (unpaired) electrons. The summed E-state index contributed by atoms with van der Waals surface area (Å²) in [4.78, 5) is 13.0. The summed E-state index contributed by atoms with van der Waals surface area (Å²) in [5.41, 5.74) is 2.54. The van der Waals surface area contributed by atoms with Gasteiger partial charge >= 0.3 is 0 Å². The van der Waals surface area contributed by atoms with E-state index in [-0.39, 0.29) is 16.2 Å². The van der Waals surface area contributed by atoms with Crippen molar-refractivity contribution < 1.29 is 17.9 Å². The highest BCUT2D eigenvalue weighted by Gasteiger charge is 2.29. The van der Waals surface area contributed by atoms with Crippen LogP contribution in [0.1, 0.15) is 36.0 Å². The molecule has 1 aliphatic rings. The summed E-state index contributed by atoms with van der Waals surface area (Å²) in [5.74, 6) is -0.172. The van der Waals surface area contributed by atoms with Gasteiger partial charge in [0.1, 0.15) is 10.6 Å². The second kappa shape index (κ2) is 9.54. The van der Waals surface area contributed by atoms with Crippen LogP contribution >= 0.6 is 0 Å². The lowest BCUT2D eigenvalue weighted by atomic mass is 10.1. The van der Waals surface area contributed by atoms with Crippen LogP contribution in [-0.2, 0) is 10.0 Å². The van der Waals surface area contributed by atoms with Gasteiger partial charge in [0.05, 0.1) is 12.8 Å². The molecule has 4 rings (SSSR count). The maximum atomic E-state index is 13.3. The van der Waals surface area contributed by atoms with Crippen LogP contribution in [0.5, 0.6) is 5.75 Å². The summed E-state index contributed by atoms with van der Waals surface area (Å²) in [6.07, 6.45) is 5.35. The van der Waals surface area contributed by atoms with E-state index in [2.05, 4.69) is 15.5 Å². The zero-order valence-corrected chi connectivity index (χ0v) is 18.7. The quantitative estimate of drug-likeness (QED) is 0.588. The molecule has 1 amide bonds. The maximum absolute atomic E-state index is 13.3. The van der Waals surface area contributed by atoms with Crippen LogP contribution in [0.2, 0.25) is 0 Å². The van der Waals surface area contributed by atoms with Crippen LogP contribution in [0.4, 0.5) is 5.69 Å². The van der Waals surface area contributed by atoms with Gasteiger partial charge in [-0.1, -0.05) is 25.0 Å². The first kappa shape index (κ1) is 22.0. The maximum Gasteiger partial charge on any atom is 0.255 e. The number of methoxy groups -OCH3 is 1. The highest BCUT2D eigenvalue weighted by atomic mass is 32.2. The molecule has 1 aliphatic heterocycles. The van der Waals surface area contributed by atoms with Gasteiger partial charge < -0.3 is 10.1 Å². The fraction of sp³-hybridized carbons (Fsp3) is 0.304. The number of anilines is 1. The minimum atomic E-state index is -3.78. The van der Waals surface area contributed by atoms with Crippen LogP contribution in [0, 0.1) is 0 Å². The minimum Gasteiger partial charge on any atom is -0.495 e. The molecule has 1 fully saturated rings. The highest BCUT2D eigenvalue weighted by molar-refractivity contribution is 7.89. The zero-order chi connectivity index (χ0) is 22.6. The van der Waals surface area contributed by atoms with Gasteiger partial charge in [-0.25, -0.2) is 8.42 Å². The molecule has 1 aromatic heterocycles. The van der Waals surface area contributed by atoms with Crippen molar-refractivity contribution in [3.8, 4) is 17.0 Å². The lowest BCUT2D eigenvalue weighted by Gasteiger charge is -2.21. The molecule has 0 unspecified atom stereocenters. The number of sulfonamides is 1. The fourth-order valence-electron chi connectivity index (χ4n) is 3.83. The molecule has 0 bridgehead atoms. The van der Waals surface area contributed by atoms with Crippen LogP contribution in [0.15, 0.2) is 59.6 Å². The van der Waals surface area contributed by atoms with Crippen LogP contribution in [0.25, 0.3) is 11.3 Å². The van der Waals surface area contributed by atoms with Crippen molar-refractivity contribution in [1.29, 1.82) is 0 Å². The number of aromatic amines is 1. The SMILES string of the molecule is COc1ccc(C(=O)Nc2cccc(-c3ccn[nH]3)c2)cc1S(=O)(=O)N1CCCCCC1. The normalized spacial score (nSPS) is 15.2. The number of hydrogen-bond acceptors (Lipinski definition) is 5. The number of hydrogen-bond donors (Lipinski definition) is 2. The average molecular weight is 455 g/mol. The van der Waals surface area contributed by atoms with E-state index in [9.17, 15) is 13.2 Å². The number of H-pyrrole nitrogens is 1. The zero-order valence-electron chi connectivity index (χ0n) is 17.9. The van der Waals surface area contributed by atoms with Crippen molar-refractivity contribution in [3.05, 3.63) is 60.3 Å². The summed E-state index contributed by atoms with van der Waals surface area (Å²) < 4.78 is 33.5. The van der Waals surface area contributed by atoms with Crippen molar-refractivity contribution in [1.82, 2.24) is 14.5 Å². The van der Waals surface area contributed by atoms with Crippen molar-refractivity contribution in [2.24, 2.45) is 0 Å². The van der Waals surface area contributed by atoms with E-state index >= 15 is 0 Å². The summed E-state index contributed by atoms with van der Waals surface area (Å²) in [5, 5.41) is 9.68. The standard InChI is InChI=1S/C23H26N4O4S/c1-31-21-10-9-18(16-22(21)32(29,30)27-13-4-2-3-5-14-27)23(28)25-19-8-6-7-17(15-19)20-11-12-24-26-20/h6-12,15-16H,2-5,13-14H2,1H3,(H,24,26)(H,25,28). The van der Waals surface area contributed by atoms with E-state index < -0.39 is 15.9 Å². The van der Waals surface area contributed by atoms with E-state index in [0.29, 0.717) is 18.8 Å². The molecule has 8 nitrogen and oxygen atoms in total. The first-order valence-corrected chi connectivity index (χ1v) is 12.0. The first-order valence-electron chi connectivity index (χ1n) is 10.6. The second-order valence-electron chi connectivity index (χ2n) is 7.69. The van der Waals surface area contributed by atoms with Gasteiger partial charge in [-0.05, 0) is 49.2 Å². The minimum absolute atomic E-state index is 0.0146. The summed E-state index contributed by atoms with van der Waals surface area (Å²) in [6.45, 7) is 0.949. The van der Waals surface area contributed by atoms with Gasteiger partial charge in [-0.15, -0.1) is 0 Å². The molecular formula is C23H26N4O4S. The number of benzene rings is 2. The number of carbonyl (C=O) groups excluding carboxylic acids is 1. The van der Waals surface area contributed by atoms with Gasteiger partial charge in [0.2, 0.25) is 10.0 Å². The number of aromatic nitrogens is 2. The van der Waals surface area contributed by atoms with Gasteiger partial charge in [0.25, 0.3) is 5.91 Å². The van der Waals surface area contributed by atoms with Gasteiger partial charge in [-0.3, -0.25) is 9.89 Å². The number of rotatable bonds is 6. The third-order valence-corrected chi connectivity index (χ3v) is 7.46. The van der Waals surface area contributed by atoms with Crippen molar-refractivity contribution in [2.45, 2.75) is 30.6 Å². The first-order chi connectivity index (χ1) is 15.5. The molecule has 32 heavy (non-hydrogen) atoms. The lowest BCUT2D eigenvalue weighted by molar-refractivity contribution is 0.102. The third-order valence-electron chi connectivity index (χ3n) is 5.54. The lowest BCUT2D eigenvalue weighted by Crippen LogP contribution is -2.32. The van der Waals surface area contributed by atoms with Crippen LogP contribution < -0.4 is 10.1 Å². The Morgan fingerprint density at radius 2 is 1.84 bits per heavy atom. The molecule has 2 heterocycles. The molecule has 0 aliphatic carbocycles. The Bertz CT molecular complexity index is 1180. The molecule has 168 valence electrons. The summed E-state index contributed by atoms with van der Waals surface area (Å²) in [6, 6.07) is 13.7. The van der Waals surface area contributed by atoms with Crippen LogP contribution in [0.3, 0.4) is 0 Å². The van der Waals surface area contributed by atoms with Gasteiger partial charge in [0, 0.05) is 36.1 Å². The molecule has 0 atom stereocenters. The predicted molar refractivity (Wildman–Crippen MR) is 122 cm³/mol. The van der Waals surface area contributed by atoms with E-state index in [0.717, 1.165) is 36.9 Å². The predicted octanol–water partition coefficient (Wildman–Crippen LogP) is 3.90. The van der Waals surface area contributed by atoms with Crippen molar-refractivity contribution in [2.75, 3.05) is 25.5 Å². The van der Waals surface area contributed by atoms with Gasteiger partial charge in [-0.2, -0.15) is 9.40 Å². The van der Waals surface area contributed by atoms with Crippen molar-refractivity contribution >= 4 is 21.6 Å². The van der Waals surface area contributed by atoms with E-state index in [4.69, 9.17) is 4.74 Å². The Labute approximate surface area is 187 Å². The topological polar surface area (TPSA) is 104 Å². The van der Waals surface area contributed by atoms with Crippen LogP contribution in [-0.4, -0.2) is 49.0 Å². The molecule has 0 saturated carbocycles. The van der Waals surface area contributed by atoms with Gasteiger partial charge in [0.15, 0.2) is 0 Å². The van der Waals surface area contributed by atoms with E-state index in [1.165, 1.54) is 23.5 Å². The Morgan fingerprint density at radius 1 is 1.06 bits per heavy atom. The Kier molecular flexibility index (Phi) is 6.57. The molecular weight excluding hydrogens is 428 g/mol. The molecule has 9 heteroatoms. The molecule has 2 aromatic carbocycles. The number of amides is 1.